The molecule has 1 N–H and O–H groups in total. The first-order valence-corrected chi connectivity index (χ1v) is 9.66. The van der Waals surface area contributed by atoms with Crippen molar-refractivity contribution in [2.24, 2.45) is 0 Å². The number of ether oxygens (including phenoxy) is 2. The summed E-state index contributed by atoms with van der Waals surface area (Å²) in [6.45, 7) is 0.391. The maximum absolute atomic E-state index is 12.5. The molecule has 1 aliphatic heterocycles. The van der Waals surface area contributed by atoms with Crippen LogP contribution >= 0.6 is 0 Å². The number of benzene rings is 3. The molecule has 0 spiro atoms. The Kier molecular flexibility index (Phi) is 5.66. The van der Waals surface area contributed by atoms with Crippen molar-refractivity contribution < 1.29 is 23.9 Å². The van der Waals surface area contributed by atoms with Crippen LogP contribution in [-0.4, -0.2) is 31.5 Å². The van der Waals surface area contributed by atoms with Gasteiger partial charge in [-0.2, -0.15) is 0 Å². The first-order chi connectivity index (χ1) is 15.0. The average molecular weight is 416 g/mol. The summed E-state index contributed by atoms with van der Waals surface area (Å²) in [7, 11) is 1.31. The summed E-state index contributed by atoms with van der Waals surface area (Å²) in [4.78, 5) is 38.0. The summed E-state index contributed by atoms with van der Waals surface area (Å²) in [6, 6.07) is 20.9. The van der Waals surface area contributed by atoms with Gasteiger partial charge in [-0.25, -0.2) is 4.79 Å². The zero-order valence-corrected chi connectivity index (χ0v) is 16.8. The molecule has 7 nitrogen and oxygen atoms in total. The van der Waals surface area contributed by atoms with E-state index in [2.05, 4.69) is 10.1 Å². The molecular formula is C24H20N2O5. The minimum Gasteiger partial charge on any atom is -0.482 e. The molecule has 0 unspecified atom stereocenters. The van der Waals surface area contributed by atoms with Gasteiger partial charge in [0, 0.05) is 11.3 Å². The van der Waals surface area contributed by atoms with Crippen LogP contribution < -0.4 is 15.0 Å². The lowest BCUT2D eigenvalue weighted by Crippen LogP contribution is -2.38. The second kappa shape index (κ2) is 8.71. The zero-order valence-electron chi connectivity index (χ0n) is 16.8. The number of rotatable bonds is 5. The Morgan fingerprint density at radius 1 is 0.968 bits per heavy atom. The van der Waals surface area contributed by atoms with Crippen LogP contribution in [0.1, 0.15) is 26.3 Å². The van der Waals surface area contributed by atoms with Crippen molar-refractivity contribution in [2.45, 2.75) is 6.54 Å². The predicted molar refractivity (Wildman–Crippen MR) is 115 cm³/mol. The first kappa shape index (κ1) is 20.2. The van der Waals surface area contributed by atoms with Gasteiger partial charge in [-0.1, -0.05) is 24.3 Å². The Balaban J connectivity index is 1.43. The lowest BCUT2D eigenvalue weighted by molar-refractivity contribution is -0.121. The van der Waals surface area contributed by atoms with Crippen LogP contribution in [0.15, 0.2) is 72.8 Å². The van der Waals surface area contributed by atoms with Crippen molar-refractivity contribution in [2.75, 3.05) is 23.9 Å². The van der Waals surface area contributed by atoms with Crippen molar-refractivity contribution in [3.05, 3.63) is 89.5 Å². The van der Waals surface area contributed by atoms with E-state index in [0.29, 0.717) is 29.1 Å². The molecule has 0 aliphatic carbocycles. The number of hydrogen-bond acceptors (Lipinski definition) is 5. The standard InChI is InChI=1S/C24H20N2O5/c1-30-24(29)18-10-12-19(13-11-18)25-23(28)17-8-6-16(7-9-17)14-26-20-4-2-3-5-21(20)31-15-22(26)27/h2-13H,14-15H2,1H3,(H,25,28). The number of esters is 1. The van der Waals surface area contributed by atoms with Crippen LogP contribution in [0.25, 0.3) is 0 Å². The number of fused-ring (bicyclic) bond motifs is 1. The fourth-order valence-corrected chi connectivity index (χ4v) is 3.28. The van der Waals surface area contributed by atoms with Gasteiger partial charge < -0.3 is 19.7 Å². The second-order valence-electron chi connectivity index (χ2n) is 6.96. The SMILES string of the molecule is COC(=O)c1ccc(NC(=O)c2ccc(CN3C(=O)COc4ccccc43)cc2)cc1. The minimum absolute atomic E-state index is 0.00622. The van der Waals surface area contributed by atoms with Crippen LogP contribution in [0.4, 0.5) is 11.4 Å². The van der Waals surface area contributed by atoms with E-state index in [4.69, 9.17) is 4.74 Å². The molecule has 0 atom stereocenters. The van der Waals surface area contributed by atoms with E-state index in [1.54, 1.807) is 41.3 Å². The van der Waals surface area contributed by atoms with Crippen molar-refractivity contribution >= 4 is 29.2 Å². The second-order valence-corrected chi connectivity index (χ2v) is 6.96. The molecule has 0 saturated carbocycles. The van der Waals surface area contributed by atoms with Crippen LogP contribution in [0.2, 0.25) is 0 Å². The van der Waals surface area contributed by atoms with Crippen molar-refractivity contribution in [3.63, 3.8) is 0 Å². The highest BCUT2D eigenvalue weighted by Crippen LogP contribution is 2.32. The molecular weight excluding hydrogens is 396 g/mol. The monoisotopic (exact) mass is 416 g/mol. The maximum Gasteiger partial charge on any atom is 0.337 e. The average Bonchev–Trinajstić information content (AvgIpc) is 2.81. The van der Waals surface area contributed by atoms with E-state index in [1.807, 2.05) is 36.4 Å². The summed E-state index contributed by atoms with van der Waals surface area (Å²) in [5, 5.41) is 2.79. The fraction of sp³-hybridized carbons (Fsp3) is 0.125. The van der Waals surface area contributed by atoms with Gasteiger partial charge in [0.25, 0.3) is 11.8 Å². The van der Waals surface area contributed by atoms with E-state index in [0.717, 1.165) is 11.3 Å². The van der Waals surface area contributed by atoms with Gasteiger partial charge >= 0.3 is 5.97 Å². The third-order valence-corrected chi connectivity index (χ3v) is 4.93. The third kappa shape index (κ3) is 4.40. The fourth-order valence-electron chi connectivity index (χ4n) is 3.28. The van der Waals surface area contributed by atoms with E-state index < -0.39 is 5.97 Å². The van der Waals surface area contributed by atoms with Crippen LogP contribution in [-0.2, 0) is 16.1 Å². The summed E-state index contributed by atoms with van der Waals surface area (Å²) < 4.78 is 10.1. The number of anilines is 2. The van der Waals surface area contributed by atoms with E-state index >= 15 is 0 Å². The Hall–Kier alpha value is -4.13. The molecule has 1 aliphatic rings. The Morgan fingerprint density at radius 2 is 1.65 bits per heavy atom. The molecule has 4 rings (SSSR count). The summed E-state index contributed by atoms with van der Waals surface area (Å²) in [5.74, 6) is -0.146. The molecule has 31 heavy (non-hydrogen) atoms. The normalized spacial score (nSPS) is 12.5. The van der Waals surface area contributed by atoms with E-state index in [1.165, 1.54) is 7.11 Å². The largest absolute Gasteiger partial charge is 0.482 e. The topological polar surface area (TPSA) is 84.9 Å². The molecule has 0 bridgehead atoms. The smallest absolute Gasteiger partial charge is 0.337 e. The molecule has 7 heteroatoms. The molecule has 0 saturated heterocycles. The van der Waals surface area contributed by atoms with Crippen molar-refractivity contribution in [1.29, 1.82) is 0 Å². The Morgan fingerprint density at radius 3 is 2.35 bits per heavy atom. The number of para-hydroxylation sites is 2. The Bertz CT molecular complexity index is 1120. The molecule has 0 aromatic heterocycles. The van der Waals surface area contributed by atoms with Crippen LogP contribution in [0.3, 0.4) is 0 Å². The number of carbonyl (C=O) groups excluding carboxylic acids is 3. The Labute approximate surface area is 179 Å². The number of carbonyl (C=O) groups is 3. The molecule has 2 amide bonds. The highest BCUT2D eigenvalue weighted by molar-refractivity contribution is 6.04. The number of nitrogens with zero attached hydrogens (tertiary/aromatic N) is 1. The zero-order chi connectivity index (χ0) is 21.8. The third-order valence-electron chi connectivity index (χ3n) is 4.93. The number of methoxy groups -OCH3 is 1. The molecule has 1 heterocycles. The lowest BCUT2D eigenvalue weighted by atomic mass is 10.1. The van der Waals surface area contributed by atoms with Crippen LogP contribution in [0.5, 0.6) is 5.75 Å². The van der Waals surface area contributed by atoms with Gasteiger partial charge in [-0.15, -0.1) is 0 Å². The molecule has 3 aromatic rings. The highest BCUT2D eigenvalue weighted by atomic mass is 16.5. The number of nitrogens with one attached hydrogen (secondary N) is 1. The summed E-state index contributed by atoms with van der Waals surface area (Å²) in [6.07, 6.45) is 0. The molecule has 0 radical (unpaired) electrons. The van der Waals surface area contributed by atoms with E-state index in [-0.39, 0.29) is 18.4 Å². The number of amides is 2. The van der Waals surface area contributed by atoms with E-state index in [9.17, 15) is 14.4 Å². The predicted octanol–water partition coefficient (Wildman–Crippen LogP) is 3.65. The maximum atomic E-state index is 12.5. The van der Waals surface area contributed by atoms with Crippen molar-refractivity contribution in [3.8, 4) is 5.75 Å². The van der Waals surface area contributed by atoms with Gasteiger partial charge in [0.05, 0.1) is 24.9 Å². The molecule has 3 aromatic carbocycles. The van der Waals surface area contributed by atoms with Crippen LogP contribution in [0, 0.1) is 0 Å². The highest BCUT2D eigenvalue weighted by Gasteiger charge is 2.25. The minimum atomic E-state index is -0.435. The van der Waals surface area contributed by atoms with Gasteiger partial charge in [0.2, 0.25) is 0 Å². The quantitative estimate of drug-likeness (QED) is 0.642. The molecule has 156 valence electrons. The lowest BCUT2D eigenvalue weighted by Gasteiger charge is -2.29. The van der Waals surface area contributed by atoms with Gasteiger partial charge in [0.15, 0.2) is 6.61 Å². The van der Waals surface area contributed by atoms with Crippen molar-refractivity contribution in [1.82, 2.24) is 0 Å². The van der Waals surface area contributed by atoms with Gasteiger partial charge in [0.1, 0.15) is 5.75 Å². The summed E-state index contributed by atoms with van der Waals surface area (Å²) >= 11 is 0. The number of hydrogen-bond donors (Lipinski definition) is 1. The first-order valence-electron chi connectivity index (χ1n) is 9.66. The van der Waals surface area contributed by atoms with Gasteiger partial charge in [-0.05, 0) is 54.1 Å². The van der Waals surface area contributed by atoms with Gasteiger partial charge in [-0.3, -0.25) is 9.59 Å². The molecule has 0 fully saturated rings. The summed E-state index contributed by atoms with van der Waals surface area (Å²) in [5.41, 5.74) is 3.08.